The molecular formula is C22H35IN4O3. The molecule has 1 N–H and O–H groups in total. The molecule has 3 atom stereocenters. The fourth-order valence-electron chi connectivity index (χ4n) is 4.33. The number of nitrogens with zero attached hydrogens (tertiary/aromatic N) is 3. The zero-order valence-corrected chi connectivity index (χ0v) is 20.8. The molecule has 2 aliphatic heterocycles. The zero-order valence-electron chi connectivity index (χ0n) is 18.5. The summed E-state index contributed by atoms with van der Waals surface area (Å²) in [6.07, 6.45) is 1.11. The monoisotopic (exact) mass is 530 g/mol. The number of methoxy groups -OCH3 is 2. The summed E-state index contributed by atoms with van der Waals surface area (Å²) in [5.41, 5.74) is 1.16. The molecule has 168 valence electrons. The lowest BCUT2D eigenvalue weighted by Gasteiger charge is -2.23. The van der Waals surface area contributed by atoms with Gasteiger partial charge in [0.2, 0.25) is 0 Å². The number of anilines is 1. The summed E-state index contributed by atoms with van der Waals surface area (Å²) in [5.74, 6) is 2.38. The predicted molar refractivity (Wildman–Crippen MR) is 131 cm³/mol. The summed E-state index contributed by atoms with van der Waals surface area (Å²) in [7, 11) is 3.18. The number of ether oxygens (including phenoxy) is 2. The van der Waals surface area contributed by atoms with Crippen molar-refractivity contribution in [1.29, 1.82) is 0 Å². The lowest BCUT2D eigenvalue weighted by Crippen LogP contribution is -2.41. The van der Waals surface area contributed by atoms with Gasteiger partial charge in [0.05, 0.1) is 25.8 Å². The van der Waals surface area contributed by atoms with Gasteiger partial charge in [0, 0.05) is 39.3 Å². The molecule has 2 heterocycles. The van der Waals surface area contributed by atoms with Crippen molar-refractivity contribution in [3.8, 4) is 5.75 Å². The van der Waals surface area contributed by atoms with Crippen molar-refractivity contribution < 1.29 is 14.3 Å². The SMILES string of the molecule is CCNC(=NCC1CCN(c2ccccc2OC)C1)N1CC(C)C(C(=O)OC)C1.I. The molecule has 7 nitrogen and oxygen atoms in total. The zero-order chi connectivity index (χ0) is 20.8. The molecule has 2 saturated heterocycles. The molecule has 1 aromatic rings. The van der Waals surface area contributed by atoms with Crippen LogP contribution in [0.4, 0.5) is 5.69 Å². The number of rotatable bonds is 6. The minimum atomic E-state index is -0.126. The third-order valence-corrected chi connectivity index (χ3v) is 5.96. The Balaban J connectivity index is 0.00000320. The van der Waals surface area contributed by atoms with Crippen LogP contribution < -0.4 is 15.0 Å². The first kappa shape index (κ1) is 24.6. The van der Waals surface area contributed by atoms with E-state index in [1.807, 2.05) is 12.1 Å². The molecule has 3 rings (SSSR count). The van der Waals surface area contributed by atoms with E-state index in [9.17, 15) is 4.79 Å². The van der Waals surface area contributed by atoms with Crippen molar-refractivity contribution in [2.75, 3.05) is 58.4 Å². The molecule has 1 aromatic carbocycles. The van der Waals surface area contributed by atoms with Gasteiger partial charge in [-0.1, -0.05) is 19.1 Å². The highest BCUT2D eigenvalue weighted by molar-refractivity contribution is 14.0. The molecule has 0 amide bonds. The third kappa shape index (κ3) is 5.70. The summed E-state index contributed by atoms with van der Waals surface area (Å²) in [6, 6.07) is 8.18. The van der Waals surface area contributed by atoms with Gasteiger partial charge in [-0.2, -0.15) is 0 Å². The van der Waals surface area contributed by atoms with Gasteiger partial charge in [-0.25, -0.2) is 0 Å². The third-order valence-electron chi connectivity index (χ3n) is 5.96. The summed E-state index contributed by atoms with van der Waals surface area (Å²) in [4.78, 5) is 21.5. The molecule has 0 radical (unpaired) electrons. The Labute approximate surface area is 197 Å². The van der Waals surface area contributed by atoms with Crippen LogP contribution in [0.2, 0.25) is 0 Å². The van der Waals surface area contributed by atoms with Crippen molar-refractivity contribution in [1.82, 2.24) is 10.2 Å². The molecule has 0 aliphatic carbocycles. The number of hydrogen-bond donors (Lipinski definition) is 1. The van der Waals surface area contributed by atoms with E-state index < -0.39 is 0 Å². The highest BCUT2D eigenvalue weighted by Crippen LogP contribution is 2.32. The van der Waals surface area contributed by atoms with Gasteiger partial charge < -0.3 is 24.6 Å². The Morgan fingerprint density at radius 1 is 1.23 bits per heavy atom. The number of nitrogens with one attached hydrogen (secondary N) is 1. The van der Waals surface area contributed by atoms with E-state index in [-0.39, 0.29) is 41.8 Å². The molecule has 0 aromatic heterocycles. The number of para-hydroxylation sites is 2. The van der Waals surface area contributed by atoms with Crippen LogP contribution in [0.1, 0.15) is 20.3 Å². The Bertz CT molecular complexity index is 730. The van der Waals surface area contributed by atoms with Crippen LogP contribution >= 0.6 is 24.0 Å². The van der Waals surface area contributed by atoms with E-state index in [0.717, 1.165) is 56.5 Å². The van der Waals surface area contributed by atoms with Crippen LogP contribution in [0.5, 0.6) is 5.75 Å². The quantitative estimate of drug-likeness (QED) is 0.264. The number of carbonyl (C=O) groups is 1. The smallest absolute Gasteiger partial charge is 0.310 e. The van der Waals surface area contributed by atoms with Crippen molar-refractivity contribution in [3.05, 3.63) is 24.3 Å². The average Bonchev–Trinajstić information content (AvgIpc) is 3.37. The normalized spacial score (nSPS) is 23.9. The number of halogens is 1. The summed E-state index contributed by atoms with van der Waals surface area (Å²) in [5, 5.41) is 3.40. The number of hydrogen-bond acceptors (Lipinski definition) is 5. The van der Waals surface area contributed by atoms with Gasteiger partial charge >= 0.3 is 5.97 Å². The Morgan fingerprint density at radius 3 is 2.70 bits per heavy atom. The van der Waals surface area contributed by atoms with Crippen molar-refractivity contribution >= 4 is 41.6 Å². The maximum absolute atomic E-state index is 12.0. The number of likely N-dealkylation sites (tertiary alicyclic amines) is 1. The first-order valence-corrected chi connectivity index (χ1v) is 10.6. The number of carbonyl (C=O) groups excluding carboxylic acids is 1. The van der Waals surface area contributed by atoms with E-state index in [0.29, 0.717) is 12.5 Å². The molecule has 8 heteroatoms. The first-order valence-electron chi connectivity index (χ1n) is 10.6. The molecular weight excluding hydrogens is 495 g/mol. The lowest BCUT2D eigenvalue weighted by atomic mass is 9.99. The summed E-state index contributed by atoms with van der Waals surface area (Å²) >= 11 is 0. The van der Waals surface area contributed by atoms with Crippen LogP contribution in [0.25, 0.3) is 0 Å². The van der Waals surface area contributed by atoms with Crippen LogP contribution in [0, 0.1) is 17.8 Å². The Hall–Kier alpha value is -1.71. The molecule has 2 aliphatic rings. The minimum absolute atomic E-state index is 0. The fourth-order valence-corrected chi connectivity index (χ4v) is 4.33. The average molecular weight is 530 g/mol. The first-order chi connectivity index (χ1) is 14.1. The maximum atomic E-state index is 12.0. The van der Waals surface area contributed by atoms with E-state index >= 15 is 0 Å². The molecule has 0 bridgehead atoms. The second-order valence-electron chi connectivity index (χ2n) is 7.98. The minimum Gasteiger partial charge on any atom is -0.495 e. The lowest BCUT2D eigenvalue weighted by molar-refractivity contribution is -0.145. The largest absolute Gasteiger partial charge is 0.495 e. The van der Waals surface area contributed by atoms with E-state index in [1.54, 1.807) is 7.11 Å². The topological polar surface area (TPSA) is 66.4 Å². The van der Waals surface area contributed by atoms with Crippen molar-refractivity contribution in [3.63, 3.8) is 0 Å². The predicted octanol–water partition coefficient (Wildman–Crippen LogP) is 2.85. The van der Waals surface area contributed by atoms with Crippen LogP contribution in [-0.2, 0) is 9.53 Å². The van der Waals surface area contributed by atoms with Gasteiger partial charge in [-0.3, -0.25) is 9.79 Å². The van der Waals surface area contributed by atoms with Gasteiger partial charge in [0.25, 0.3) is 0 Å². The van der Waals surface area contributed by atoms with Gasteiger partial charge in [-0.05, 0) is 37.3 Å². The van der Waals surface area contributed by atoms with E-state index in [4.69, 9.17) is 14.5 Å². The molecule has 30 heavy (non-hydrogen) atoms. The van der Waals surface area contributed by atoms with Crippen molar-refractivity contribution in [2.24, 2.45) is 22.7 Å². The second kappa shape index (κ2) is 11.6. The summed E-state index contributed by atoms with van der Waals surface area (Å²) in [6.45, 7) is 9.25. The highest BCUT2D eigenvalue weighted by Gasteiger charge is 2.37. The number of aliphatic imine (C=N–C) groups is 1. The standard InChI is InChI=1S/C22H34N4O3.HI/c1-5-23-22(26-13-16(2)18(15-26)21(27)29-4)24-12-17-10-11-25(14-17)19-8-6-7-9-20(19)28-3;/h6-9,16-18H,5,10-15H2,1-4H3,(H,23,24);1H. The van der Waals surface area contributed by atoms with Gasteiger partial charge in [-0.15, -0.1) is 24.0 Å². The molecule has 0 saturated carbocycles. The summed E-state index contributed by atoms with van der Waals surface area (Å²) < 4.78 is 10.5. The molecule has 2 fully saturated rings. The fraction of sp³-hybridized carbons (Fsp3) is 0.636. The highest BCUT2D eigenvalue weighted by atomic mass is 127. The molecule has 3 unspecified atom stereocenters. The number of guanidine groups is 1. The Kier molecular flexibility index (Phi) is 9.51. The number of esters is 1. The maximum Gasteiger partial charge on any atom is 0.310 e. The van der Waals surface area contributed by atoms with Crippen molar-refractivity contribution in [2.45, 2.75) is 20.3 Å². The molecule has 0 spiro atoms. The van der Waals surface area contributed by atoms with Gasteiger partial charge in [0.1, 0.15) is 5.75 Å². The Morgan fingerprint density at radius 2 is 2.00 bits per heavy atom. The second-order valence-corrected chi connectivity index (χ2v) is 7.98. The van der Waals surface area contributed by atoms with Crippen LogP contribution in [-0.4, -0.2) is 70.3 Å². The van der Waals surface area contributed by atoms with Gasteiger partial charge in [0.15, 0.2) is 5.96 Å². The van der Waals surface area contributed by atoms with E-state index in [2.05, 4.69) is 41.1 Å². The van der Waals surface area contributed by atoms with E-state index in [1.165, 1.54) is 7.11 Å². The van der Waals surface area contributed by atoms with Crippen LogP contribution in [0.3, 0.4) is 0 Å². The number of benzene rings is 1. The van der Waals surface area contributed by atoms with Crippen LogP contribution in [0.15, 0.2) is 29.3 Å².